The van der Waals surface area contributed by atoms with Crippen LogP contribution in [0.5, 0.6) is 0 Å². The van der Waals surface area contributed by atoms with Crippen molar-refractivity contribution in [2.24, 2.45) is 0 Å². The maximum Gasteiger partial charge on any atom is 0.273 e. The molecule has 0 saturated heterocycles. The minimum atomic E-state index is -3.22. The number of carbonyl (C=O) groups is 1. The molecule has 0 spiro atoms. The van der Waals surface area contributed by atoms with Gasteiger partial charge in [-0.3, -0.25) is 0 Å². The van der Waals surface area contributed by atoms with Crippen molar-refractivity contribution in [3.05, 3.63) is 35.1 Å². The lowest BCUT2D eigenvalue weighted by molar-refractivity contribution is -0.107. The Bertz CT molecular complexity index is 342. The number of rotatable bonds is 3. The topological polar surface area (TPSA) is 17.1 Å². The van der Waals surface area contributed by atoms with E-state index in [2.05, 4.69) is 0 Å². The van der Waals surface area contributed by atoms with E-state index in [0.717, 1.165) is 12.1 Å². The number of carbonyl (C=O) groups excluding carboxylic acids is 1. The van der Waals surface area contributed by atoms with Crippen molar-refractivity contribution < 1.29 is 18.0 Å². The minimum Gasteiger partial charge on any atom is -0.303 e. The van der Waals surface area contributed by atoms with Gasteiger partial charge in [-0.15, -0.1) is 0 Å². The first kappa shape index (κ1) is 10.8. The molecule has 4 heteroatoms. The average Bonchev–Trinajstić information content (AvgIpc) is 2.07. The SMILES string of the molecule is CC(F)(F)c1cc(CC=O)ccc1F. The largest absolute Gasteiger partial charge is 0.303 e. The molecule has 1 aromatic rings. The van der Waals surface area contributed by atoms with Crippen LogP contribution in [0, 0.1) is 5.82 Å². The molecule has 76 valence electrons. The molecule has 1 aromatic carbocycles. The summed E-state index contributed by atoms with van der Waals surface area (Å²) in [4.78, 5) is 10.1. The van der Waals surface area contributed by atoms with Gasteiger partial charge in [-0.2, -0.15) is 0 Å². The molecular formula is C10H9F3O. The molecule has 0 aromatic heterocycles. The fourth-order valence-corrected chi connectivity index (χ4v) is 1.13. The molecule has 14 heavy (non-hydrogen) atoms. The van der Waals surface area contributed by atoms with Crippen molar-refractivity contribution in [3.63, 3.8) is 0 Å². The van der Waals surface area contributed by atoms with E-state index >= 15 is 0 Å². The predicted octanol–water partition coefficient (Wildman–Crippen LogP) is 2.68. The molecule has 0 amide bonds. The smallest absolute Gasteiger partial charge is 0.273 e. The predicted molar refractivity (Wildman–Crippen MR) is 45.7 cm³/mol. The summed E-state index contributed by atoms with van der Waals surface area (Å²) in [6.07, 6.45) is 0.605. The second-order valence-electron chi connectivity index (χ2n) is 3.07. The van der Waals surface area contributed by atoms with Crippen LogP contribution >= 0.6 is 0 Å². The number of benzene rings is 1. The van der Waals surface area contributed by atoms with Gasteiger partial charge in [-0.1, -0.05) is 6.07 Å². The Morgan fingerprint density at radius 3 is 2.57 bits per heavy atom. The van der Waals surface area contributed by atoms with Gasteiger partial charge in [0, 0.05) is 13.3 Å². The van der Waals surface area contributed by atoms with E-state index in [1.807, 2.05) is 0 Å². The Morgan fingerprint density at radius 1 is 1.43 bits per heavy atom. The molecule has 0 atom stereocenters. The van der Waals surface area contributed by atoms with E-state index in [0.29, 0.717) is 18.8 Å². The summed E-state index contributed by atoms with van der Waals surface area (Å²) < 4.78 is 38.6. The van der Waals surface area contributed by atoms with Crippen LogP contribution in [-0.4, -0.2) is 6.29 Å². The van der Waals surface area contributed by atoms with Crippen LogP contribution in [0.1, 0.15) is 18.1 Å². The molecule has 0 unspecified atom stereocenters. The highest BCUT2D eigenvalue weighted by atomic mass is 19.3. The van der Waals surface area contributed by atoms with E-state index in [9.17, 15) is 18.0 Å². The number of halogens is 3. The Balaban J connectivity index is 3.15. The van der Waals surface area contributed by atoms with Crippen molar-refractivity contribution in [1.82, 2.24) is 0 Å². The normalized spacial score (nSPS) is 11.4. The standard InChI is InChI=1S/C10H9F3O/c1-10(12,13)8-6-7(4-5-14)2-3-9(8)11/h2-3,5-6H,4H2,1H3. The van der Waals surface area contributed by atoms with Crippen molar-refractivity contribution in [2.45, 2.75) is 19.3 Å². The maximum atomic E-state index is 12.9. The summed E-state index contributed by atoms with van der Waals surface area (Å²) in [6, 6.07) is 3.29. The summed E-state index contributed by atoms with van der Waals surface area (Å²) in [6.45, 7) is 0.621. The third-order valence-corrected chi connectivity index (χ3v) is 1.82. The molecule has 0 heterocycles. The van der Waals surface area contributed by atoms with E-state index in [-0.39, 0.29) is 6.42 Å². The van der Waals surface area contributed by atoms with Crippen LogP contribution in [0.25, 0.3) is 0 Å². The van der Waals surface area contributed by atoms with Gasteiger partial charge >= 0.3 is 0 Å². The lowest BCUT2D eigenvalue weighted by Gasteiger charge is -2.12. The average molecular weight is 202 g/mol. The van der Waals surface area contributed by atoms with Crippen molar-refractivity contribution >= 4 is 6.29 Å². The van der Waals surface area contributed by atoms with Gasteiger partial charge in [0.25, 0.3) is 5.92 Å². The molecule has 0 saturated carbocycles. The molecule has 1 nitrogen and oxygen atoms in total. The summed E-state index contributed by atoms with van der Waals surface area (Å²) >= 11 is 0. The van der Waals surface area contributed by atoms with Crippen LogP contribution in [0.15, 0.2) is 18.2 Å². The Morgan fingerprint density at radius 2 is 2.07 bits per heavy atom. The number of hydrogen-bond acceptors (Lipinski definition) is 1. The van der Waals surface area contributed by atoms with Gasteiger partial charge in [-0.05, 0) is 17.7 Å². The third-order valence-electron chi connectivity index (χ3n) is 1.82. The molecule has 0 aliphatic carbocycles. The van der Waals surface area contributed by atoms with Crippen molar-refractivity contribution in [1.29, 1.82) is 0 Å². The highest BCUT2D eigenvalue weighted by molar-refractivity contribution is 5.55. The van der Waals surface area contributed by atoms with Crippen molar-refractivity contribution in [3.8, 4) is 0 Å². The van der Waals surface area contributed by atoms with Gasteiger partial charge < -0.3 is 4.79 Å². The van der Waals surface area contributed by atoms with Crippen LogP contribution in [-0.2, 0) is 17.1 Å². The quantitative estimate of drug-likeness (QED) is 0.688. The van der Waals surface area contributed by atoms with Crippen LogP contribution < -0.4 is 0 Å². The number of hydrogen-bond donors (Lipinski definition) is 0. The maximum absolute atomic E-state index is 12.9. The molecule has 0 N–H and O–H groups in total. The Labute approximate surface area is 79.5 Å². The summed E-state index contributed by atoms with van der Waals surface area (Å²) in [5.41, 5.74) is -0.283. The van der Waals surface area contributed by atoms with Crippen molar-refractivity contribution in [2.75, 3.05) is 0 Å². The van der Waals surface area contributed by atoms with Crippen LogP contribution in [0.2, 0.25) is 0 Å². The van der Waals surface area contributed by atoms with E-state index < -0.39 is 17.3 Å². The van der Waals surface area contributed by atoms with E-state index in [4.69, 9.17) is 0 Å². The van der Waals surface area contributed by atoms with Gasteiger partial charge in [0.2, 0.25) is 0 Å². The van der Waals surface area contributed by atoms with Crippen LogP contribution in [0.4, 0.5) is 13.2 Å². The molecule has 0 radical (unpaired) electrons. The first-order chi connectivity index (χ1) is 6.45. The number of alkyl halides is 2. The fraction of sp³-hybridized carbons (Fsp3) is 0.300. The van der Waals surface area contributed by atoms with Gasteiger partial charge in [0.05, 0.1) is 5.56 Å². The lowest BCUT2D eigenvalue weighted by Crippen LogP contribution is -2.10. The summed E-state index contributed by atoms with van der Waals surface area (Å²) in [5, 5.41) is 0. The summed E-state index contributed by atoms with van der Waals surface area (Å²) in [7, 11) is 0. The van der Waals surface area contributed by atoms with E-state index in [1.54, 1.807) is 0 Å². The van der Waals surface area contributed by atoms with Crippen LogP contribution in [0.3, 0.4) is 0 Å². The molecular weight excluding hydrogens is 193 g/mol. The highest BCUT2D eigenvalue weighted by Crippen LogP contribution is 2.29. The fourth-order valence-electron chi connectivity index (χ4n) is 1.13. The number of aldehydes is 1. The van der Waals surface area contributed by atoms with E-state index in [1.165, 1.54) is 6.07 Å². The second kappa shape index (κ2) is 3.82. The zero-order valence-corrected chi connectivity index (χ0v) is 7.56. The zero-order valence-electron chi connectivity index (χ0n) is 7.56. The second-order valence-corrected chi connectivity index (χ2v) is 3.07. The monoisotopic (exact) mass is 202 g/mol. The highest BCUT2D eigenvalue weighted by Gasteiger charge is 2.28. The molecule has 0 aliphatic heterocycles. The van der Waals surface area contributed by atoms with Gasteiger partial charge in [-0.25, -0.2) is 13.2 Å². The Hall–Kier alpha value is -1.32. The van der Waals surface area contributed by atoms with Gasteiger partial charge in [0.1, 0.15) is 12.1 Å². The molecule has 0 fully saturated rings. The first-order valence-electron chi connectivity index (χ1n) is 4.05. The zero-order chi connectivity index (χ0) is 10.8. The molecule has 0 aliphatic rings. The molecule has 1 rings (SSSR count). The third kappa shape index (κ3) is 2.34. The first-order valence-corrected chi connectivity index (χ1v) is 4.05. The summed E-state index contributed by atoms with van der Waals surface area (Å²) in [5.74, 6) is -4.17. The molecule has 0 bridgehead atoms. The lowest BCUT2D eigenvalue weighted by atomic mass is 10.0. The van der Waals surface area contributed by atoms with Gasteiger partial charge in [0.15, 0.2) is 0 Å². The minimum absolute atomic E-state index is 0.0172. The Kier molecular flexibility index (Phi) is 2.93.